The van der Waals surface area contributed by atoms with E-state index in [1.165, 1.54) is 10.9 Å². The van der Waals surface area contributed by atoms with E-state index in [2.05, 4.69) is 31.2 Å². The molecule has 0 radical (unpaired) electrons. The molecule has 11 heteroatoms. The minimum atomic E-state index is -0.470. The molecule has 4 aromatic rings. The Morgan fingerprint density at radius 2 is 1.65 bits per heavy atom. The number of para-hydroxylation sites is 1. The van der Waals surface area contributed by atoms with Crippen LogP contribution in [-0.2, 0) is 16.5 Å². The summed E-state index contributed by atoms with van der Waals surface area (Å²) in [4.78, 5) is 34.3. The topological polar surface area (TPSA) is 126 Å². The Bertz CT molecular complexity index is 1420. The van der Waals surface area contributed by atoms with Crippen LogP contribution in [0.2, 0.25) is 0 Å². The summed E-state index contributed by atoms with van der Waals surface area (Å²) >= 11 is 3.29. The van der Waals surface area contributed by atoms with Crippen molar-refractivity contribution in [1.82, 2.24) is 19.3 Å². The molecule has 5 rings (SSSR count). The minimum absolute atomic E-state index is 0.0949. The molecule has 3 N–H and O–H groups in total. The van der Waals surface area contributed by atoms with Crippen LogP contribution in [0.25, 0.3) is 16.9 Å². The molecule has 2 aromatic carbocycles. The van der Waals surface area contributed by atoms with Crippen molar-refractivity contribution in [1.29, 1.82) is 0 Å². The summed E-state index contributed by atoms with van der Waals surface area (Å²) in [6.07, 6.45) is 1.53. The van der Waals surface area contributed by atoms with Crippen LogP contribution >= 0.6 is 15.9 Å². The van der Waals surface area contributed by atoms with Gasteiger partial charge in [0.05, 0.1) is 44.0 Å². The zero-order valence-corrected chi connectivity index (χ0v) is 22.1. The summed E-state index contributed by atoms with van der Waals surface area (Å²) in [6, 6.07) is 16.2. The smallest absolute Gasteiger partial charge is 0.284 e. The lowest BCUT2D eigenvalue weighted by atomic mass is 10.1. The van der Waals surface area contributed by atoms with Gasteiger partial charge < -0.3 is 20.5 Å². The zero-order chi connectivity index (χ0) is 26.4. The normalized spacial score (nSPS) is 12.9. The largest absolute Gasteiger partial charge is 0.382 e. The van der Waals surface area contributed by atoms with Gasteiger partial charge in [-0.25, -0.2) is 14.6 Å². The number of halogens is 1. The van der Waals surface area contributed by atoms with Gasteiger partial charge in [-0.2, -0.15) is 0 Å². The number of nitrogens with one attached hydrogen (secondary N) is 1. The number of nitrogens with two attached hydrogens (primary N) is 1. The average molecular weight is 567 g/mol. The number of nitrogen functional groups attached to an aromatic ring is 1. The summed E-state index contributed by atoms with van der Waals surface area (Å²) in [5.74, 6) is -0.163. The Balaban J connectivity index is 0.000000469. The maximum absolute atomic E-state index is 13.0. The molecule has 1 aliphatic heterocycles. The summed E-state index contributed by atoms with van der Waals surface area (Å²) in [6.45, 7) is 4.85. The highest BCUT2D eigenvalue weighted by Gasteiger charge is 2.22. The SMILES string of the molecule is C1COCCO1.Cc1c(C(=O)Nc2ccc(-c3nc(Br)cnc3N)cc2)c(=O)n(-c2ccccc2)n1C. The second-order valence-electron chi connectivity index (χ2n) is 8.12. The van der Waals surface area contributed by atoms with Crippen molar-refractivity contribution in [2.24, 2.45) is 7.05 Å². The minimum Gasteiger partial charge on any atom is -0.382 e. The van der Waals surface area contributed by atoms with Crippen molar-refractivity contribution < 1.29 is 14.3 Å². The number of benzene rings is 2. The Morgan fingerprint density at radius 1 is 1.03 bits per heavy atom. The van der Waals surface area contributed by atoms with Crippen molar-refractivity contribution in [2.45, 2.75) is 6.92 Å². The predicted octanol–water partition coefficient (Wildman–Crippen LogP) is 3.57. The maximum atomic E-state index is 13.0. The van der Waals surface area contributed by atoms with Crippen LogP contribution in [0.5, 0.6) is 0 Å². The summed E-state index contributed by atoms with van der Waals surface area (Å²) < 4.78 is 13.6. The van der Waals surface area contributed by atoms with Crippen molar-refractivity contribution >= 4 is 33.3 Å². The van der Waals surface area contributed by atoms with Gasteiger partial charge in [0.1, 0.15) is 21.7 Å². The van der Waals surface area contributed by atoms with Crippen LogP contribution in [0.1, 0.15) is 16.1 Å². The highest BCUT2D eigenvalue weighted by atomic mass is 79.9. The first-order chi connectivity index (χ1) is 17.9. The van der Waals surface area contributed by atoms with E-state index in [0.717, 1.165) is 32.0 Å². The van der Waals surface area contributed by atoms with Gasteiger partial charge in [0.2, 0.25) is 0 Å². The van der Waals surface area contributed by atoms with Crippen LogP contribution in [0.4, 0.5) is 11.5 Å². The number of hydrogen-bond acceptors (Lipinski definition) is 7. The zero-order valence-electron chi connectivity index (χ0n) is 20.5. The first kappa shape index (κ1) is 26.3. The number of nitrogens with zero attached hydrogens (tertiary/aromatic N) is 4. The second-order valence-corrected chi connectivity index (χ2v) is 8.93. The van der Waals surface area contributed by atoms with Crippen LogP contribution in [0.15, 0.2) is 70.2 Å². The second kappa shape index (κ2) is 12.0. The number of aromatic nitrogens is 4. The lowest BCUT2D eigenvalue weighted by Gasteiger charge is -2.09. The number of carbonyl (C=O) groups is 1. The number of amides is 1. The molecular weight excluding hydrogens is 540 g/mol. The molecule has 1 saturated heterocycles. The fourth-order valence-electron chi connectivity index (χ4n) is 3.76. The molecule has 0 bridgehead atoms. The van der Waals surface area contributed by atoms with Crippen LogP contribution in [-0.4, -0.2) is 51.7 Å². The number of anilines is 2. The van der Waals surface area contributed by atoms with Gasteiger partial charge in [-0.3, -0.25) is 14.3 Å². The molecule has 1 aliphatic rings. The van der Waals surface area contributed by atoms with E-state index >= 15 is 0 Å². The van der Waals surface area contributed by atoms with Crippen molar-refractivity contribution in [2.75, 3.05) is 37.5 Å². The molecule has 0 aliphatic carbocycles. The molecule has 2 aromatic heterocycles. The lowest BCUT2D eigenvalue weighted by molar-refractivity contribution is -0.0334. The van der Waals surface area contributed by atoms with Gasteiger partial charge in [-0.05, 0) is 47.1 Å². The fraction of sp³-hybridized carbons (Fsp3) is 0.231. The third-order valence-electron chi connectivity index (χ3n) is 5.71. The molecule has 1 amide bonds. The molecule has 3 heterocycles. The quantitative estimate of drug-likeness (QED) is 0.386. The van der Waals surface area contributed by atoms with Crippen molar-refractivity contribution in [3.05, 3.63) is 87.0 Å². The summed E-state index contributed by atoms with van der Waals surface area (Å²) in [5.41, 5.74) is 8.73. The van der Waals surface area contributed by atoms with Crippen LogP contribution in [0, 0.1) is 6.92 Å². The standard InChI is InChI=1S/C22H19BrN6O2.C4H8O2/c1-13-18(22(31)29(28(13)2)16-6-4-3-5-7-16)21(30)26-15-10-8-14(9-11-15)19-20(24)25-12-17(23)27-19;1-2-6-4-3-5-1/h3-12H,1-2H3,(H2,24,25)(H,26,30);1-4H2. The maximum Gasteiger partial charge on any atom is 0.284 e. The molecule has 0 saturated carbocycles. The summed E-state index contributed by atoms with van der Waals surface area (Å²) in [5, 5.41) is 2.79. The van der Waals surface area contributed by atoms with Crippen molar-refractivity contribution in [3.63, 3.8) is 0 Å². The number of rotatable bonds is 4. The fourth-order valence-corrected chi connectivity index (χ4v) is 4.04. The third kappa shape index (κ3) is 6.13. The van der Waals surface area contributed by atoms with E-state index in [0.29, 0.717) is 33.2 Å². The molecular formula is C26H27BrN6O4. The Morgan fingerprint density at radius 3 is 2.24 bits per heavy atom. The number of carbonyl (C=O) groups excluding carboxylic acids is 1. The Hall–Kier alpha value is -3.80. The van der Waals surface area contributed by atoms with E-state index in [1.54, 1.807) is 42.9 Å². The molecule has 192 valence electrons. The number of ether oxygens (including phenoxy) is 2. The summed E-state index contributed by atoms with van der Waals surface area (Å²) in [7, 11) is 1.75. The van der Waals surface area contributed by atoms with E-state index < -0.39 is 5.91 Å². The first-order valence-corrected chi connectivity index (χ1v) is 12.4. The lowest BCUT2D eigenvalue weighted by Crippen LogP contribution is -2.25. The van der Waals surface area contributed by atoms with Gasteiger partial charge >= 0.3 is 0 Å². The van der Waals surface area contributed by atoms with Crippen molar-refractivity contribution in [3.8, 4) is 16.9 Å². The molecule has 1 fully saturated rings. The Labute approximate surface area is 222 Å². The monoisotopic (exact) mass is 566 g/mol. The van der Waals surface area contributed by atoms with Gasteiger partial charge in [0.15, 0.2) is 0 Å². The molecule has 37 heavy (non-hydrogen) atoms. The van der Waals surface area contributed by atoms with E-state index in [9.17, 15) is 9.59 Å². The van der Waals surface area contributed by atoms with E-state index in [-0.39, 0.29) is 11.1 Å². The Kier molecular flexibility index (Phi) is 8.49. The molecule has 0 unspecified atom stereocenters. The third-order valence-corrected chi connectivity index (χ3v) is 6.09. The van der Waals surface area contributed by atoms with Crippen LogP contribution in [0.3, 0.4) is 0 Å². The predicted molar refractivity (Wildman–Crippen MR) is 145 cm³/mol. The van der Waals surface area contributed by atoms with Gasteiger partial charge in [-0.1, -0.05) is 30.3 Å². The number of hydrogen-bond donors (Lipinski definition) is 2. The molecule has 10 nitrogen and oxygen atoms in total. The van der Waals surface area contributed by atoms with Gasteiger partial charge in [0.25, 0.3) is 11.5 Å². The highest BCUT2D eigenvalue weighted by Crippen LogP contribution is 2.25. The van der Waals surface area contributed by atoms with E-state index in [1.807, 2.05) is 30.3 Å². The van der Waals surface area contributed by atoms with E-state index in [4.69, 9.17) is 15.2 Å². The molecule has 0 spiro atoms. The molecule has 0 atom stereocenters. The van der Waals surface area contributed by atoms with Gasteiger partial charge in [-0.15, -0.1) is 0 Å². The highest BCUT2D eigenvalue weighted by molar-refractivity contribution is 9.10. The average Bonchev–Trinajstić information content (AvgIpc) is 3.15. The van der Waals surface area contributed by atoms with Crippen LogP contribution < -0.4 is 16.6 Å². The van der Waals surface area contributed by atoms with Gasteiger partial charge in [0, 0.05) is 18.3 Å². The first-order valence-electron chi connectivity index (χ1n) is 11.6.